The Morgan fingerprint density at radius 2 is 1.08 bits per heavy atom. The van der Waals surface area contributed by atoms with Gasteiger partial charge in [0.25, 0.3) is 11.0 Å². The van der Waals surface area contributed by atoms with E-state index in [1.807, 2.05) is 0 Å². The van der Waals surface area contributed by atoms with Crippen molar-refractivity contribution in [3.05, 3.63) is 0 Å². The quantitative estimate of drug-likeness (QED) is 0.414. The lowest BCUT2D eigenvalue weighted by molar-refractivity contribution is -0.921. The fourth-order valence-corrected chi connectivity index (χ4v) is 1.34. The van der Waals surface area contributed by atoms with E-state index in [1.165, 1.54) is 30.7 Å². The Morgan fingerprint density at radius 3 is 1.08 bits per heavy atom. The smallest absolute Gasteiger partial charge is 0.254 e. The third-order valence-corrected chi connectivity index (χ3v) is 2.68. The van der Waals surface area contributed by atoms with Crippen molar-refractivity contribution in [2.45, 2.75) is 27.7 Å². The zero-order chi connectivity index (χ0) is 10.9. The van der Waals surface area contributed by atoms with Crippen LogP contribution in [0.3, 0.4) is 0 Å². The van der Waals surface area contributed by atoms with Crippen molar-refractivity contribution in [1.82, 2.24) is 0 Å². The number of quaternary nitrogens is 1. The first-order chi connectivity index (χ1) is 5.97. The molecular weight excluding hydrogens is 190 g/mol. The zero-order valence-corrected chi connectivity index (χ0v) is 9.88. The lowest BCUT2D eigenvalue weighted by atomic mass is 10.3. The first-order valence-electron chi connectivity index (χ1n) is 4.66. The Balaban J connectivity index is 0. The van der Waals surface area contributed by atoms with Crippen LogP contribution in [0.5, 0.6) is 0 Å². The molecule has 0 aromatic rings. The number of hydrogen-bond acceptors (Lipinski definition) is 2. The average molecular weight is 212 g/mol. The summed E-state index contributed by atoms with van der Waals surface area (Å²) in [6.45, 7) is 14.2. The molecule has 0 aromatic heterocycles. The van der Waals surface area contributed by atoms with Crippen LogP contribution in [0.4, 0.5) is 0 Å². The summed E-state index contributed by atoms with van der Waals surface area (Å²) < 4.78 is 25.5. The lowest BCUT2D eigenvalue weighted by Crippen LogP contribution is -2.47. The van der Waals surface area contributed by atoms with Crippen molar-refractivity contribution in [1.29, 1.82) is 0 Å². The Hall–Kier alpha value is -0.130. The van der Waals surface area contributed by atoms with Crippen molar-refractivity contribution in [3.8, 4) is 0 Å². The van der Waals surface area contributed by atoms with Crippen LogP contribution in [0.15, 0.2) is 0 Å². The highest BCUT2D eigenvalue weighted by atomic mass is 32.2. The van der Waals surface area contributed by atoms with Crippen molar-refractivity contribution >= 4 is 11.0 Å². The van der Waals surface area contributed by atoms with Gasteiger partial charge in [-0.05, 0) is 27.7 Å². The van der Waals surface area contributed by atoms with Gasteiger partial charge in [0, 0.05) is 0 Å². The van der Waals surface area contributed by atoms with E-state index in [2.05, 4.69) is 27.7 Å². The predicted molar refractivity (Wildman–Crippen MR) is 55.4 cm³/mol. The van der Waals surface area contributed by atoms with Crippen LogP contribution >= 0.6 is 0 Å². The van der Waals surface area contributed by atoms with E-state index in [0.29, 0.717) is 0 Å². The van der Waals surface area contributed by atoms with Crippen LogP contribution in [0.25, 0.3) is 0 Å². The summed E-state index contributed by atoms with van der Waals surface area (Å²) in [4.78, 5) is 0. The van der Waals surface area contributed by atoms with Crippen molar-refractivity contribution < 1.29 is 17.5 Å². The predicted octanol–water partition coefficient (Wildman–Crippen LogP) is 0.954. The van der Waals surface area contributed by atoms with E-state index >= 15 is 0 Å². The molecular formula is C8H22NO3S+. The van der Waals surface area contributed by atoms with Gasteiger partial charge in [0.2, 0.25) is 0 Å². The first kappa shape index (κ1) is 15.3. The van der Waals surface area contributed by atoms with Crippen molar-refractivity contribution in [2.75, 3.05) is 26.2 Å². The molecule has 0 aliphatic rings. The molecule has 0 fully saturated rings. The molecule has 0 rings (SSSR count). The number of nitrogens with zero attached hydrogens (tertiary/aromatic N) is 1. The number of thiol groups is 1. The van der Waals surface area contributed by atoms with Gasteiger partial charge in [-0.1, -0.05) is 0 Å². The summed E-state index contributed by atoms with van der Waals surface area (Å²) >= 11 is 0. The minimum absolute atomic E-state index is 1.28. The van der Waals surface area contributed by atoms with Gasteiger partial charge in [-0.2, -0.15) is 0 Å². The highest BCUT2D eigenvalue weighted by Crippen LogP contribution is 2.03. The maximum atomic E-state index is 8.59. The van der Waals surface area contributed by atoms with Crippen molar-refractivity contribution in [3.63, 3.8) is 0 Å². The van der Waals surface area contributed by atoms with E-state index in [4.69, 9.17) is 13.0 Å². The molecule has 0 amide bonds. The second kappa shape index (κ2) is 8.47. The van der Waals surface area contributed by atoms with E-state index in [0.717, 1.165) is 0 Å². The molecule has 82 valence electrons. The summed E-state index contributed by atoms with van der Waals surface area (Å²) in [5, 5.41) is 0. The molecule has 0 saturated heterocycles. The molecule has 4 nitrogen and oxygen atoms in total. The second-order valence-electron chi connectivity index (χ2n) is 2.84. The number of hydrogen-bond donors (Lipinski definition) is 2. The molecule has 0 saturated carbocycles. The van der Waals surface area contributed by atoms with E-state index in [9.17, 15) is 0 Å². The average Bonchev–Trinajstić information content (AvgIpc) is 2.09. The third-order valence-electron chi connectivity index (χ3n) is 2.68. The zero-order valence-electron chi connectivity index (χ0n) is 8.99. The molecule has 0 unspecified atom stereocenters. The molecule has 0 heterocycles. The normalized spacial score (nSPS) is 10.9. The molecule has 13 heavy (non-hydrogen) atoms. The Labute approximate surface area is 82.9 Å². The maximum absolute atomic E-state index is 8.59. The highest BCUT2D eigenvalue weighted by molar-refractivity contribution is 7.66. The molecule has 0 atom stereocenters. The van der Waals surface area contributed by atoms with Gasteiger partial charge in [-0.15, -0.1) is 0 Å². The van der Waals surface area contributed by atoms with Gasteiger partial charge in [0.1, 0.15) is 0 Å². The molecule has 0 spiro atoms. The molecule has 5 heteroatoms. The lowest BCUT2D eigenvalue weighted by Gasteiger charge is -2.34. The fraction of sp³-hybridized carbons (Fsp3) is 1.00. The van der Waals surface area contributed by atoms with Crippen LogP contribution in [0.1, 0.15) is 27.7 Å². The van der Waals surface area contributed by atoms with Gasteiger partial charge in [0.15, 0.2) is 0 Å². The fourth-order valence-electron chi connectivity index (χ4n) is 1.34. The molecule has 0 radical (unpaired) electrons. The summed E-state index contributed by atoms with van der Waals surface area (Å²) in [5.74, 6) is 0. The highest BCUT2D eigenvalue weighted by Gasteiger charge is 2.16. The summed E-state index contributed by atoms with van der Waals surface area (Å²) in [6, 6.07) is 0. The Morgan fingerprint density at radius 1 is 0.923 bits per heavy atom. The van der Waals surface area contributed by atoms with Crippen LogP contribution in [0, 0.1) is 0 Å². The third kappa shape index (κ3) is 8.21. The molecule has 0 aromatic carbocycles. The largest absolute Gasteiger partial charge is 0.325 e. The minimum atomic E-state index is -3.12. The molecule has 0 aliphatic heterocycles. The minimum Gasteiger partial charge on any atom is -0.325 e. The van der Waals surface area contributed by atoms with Gasteiger partial charge in [-0.3, -0.25) is 4.55 Å². The summed E-state index contributed by atoms with van der Waals surface area (Å²) in [5.41, 5.74) is 0. The Bertz CT molecular complexity index is 151. The topological polar surface area (TPSA) is 54.4 Å². The van der Waals surface area contributed by atoms with E-state index < -0.39 is 11.0 Å². The monoisotopic (exact) mass is 212 g/mol. The van der Waals surface area contributed by atoms with Crippen LogP contribution in [-0.2, 0) is 11.0 Å². The van der Waals surface area contributed by atoms with Crippen molar-refractivity contribution in [2.24, 2.45) is 0 Å². The molecule has 0 bridgehead atoms. The first-order valence-corrected chi connectivity index (χ1v) is 5.79. The van der Waals surface area contributed by atoms with Crippen LogP contribution < -0.4 is 0 Å². The van der Waals surface area contributed by atoms with E-state index in [-0.39, 0.29) is 0 Å². The van der Waals surface area contributed by atoms with Gasteiger partial charge >= 0.3 is 0 Å². The van der Waals surface area contributed by atoms with Crippen LogP contribution in [-0.4, -0.2) is 43.6 Å². The number of rotatable bonds is 4. The van der Waals surface area contributed by atoms with Gasteiger partial charge < -0.3 is 4.48 Å². The van der Waals surface area contributed by atoms with E-state index in [1.54, 1.807) is 0 Å². The maximum Gasteiger partial charge on any atom is 0.254 e. The summed E-state index contributed by atoms with van der Waals surface area (Å²) in [6.07, 6.45) is 0. The standard InChI is InChI=1S/C8H20N.H2O3S/c1-5-9(6-2,7-3)8-4;1-4(2)3/h5-8H2,1-4H3;4H,(H,1,2,3)/q+1;. The van der Waals surface area contributed by atoms with Gasteiger partial charge in [-0.25, -0.2) is 8.42 Å². The second-order valence-corrected chi connectivity index (χ2v) is 3.32. The summed E-state index contributed by atoms with van der Waals surface area (Å²) in [7, 11) is -3.12. The SMILES string of the molecule is CC[N+](CC)(CC)CC.O=[SH](=O)O. The van der Waals surface area contributed by atoms with Crippen LogP contribution in [0.2, 0.25) is 0 Å². The molecule has 1 N–H and O–H groups in total. The molecule has 0 aliphatic carbocycles. The van der Waals surface area contributed by atoms with Gasteiger partial charge in [0.05, 0.1) is 26.2 Å². The Kier molecular flexibility index (Phi) is 10.00.